The lowest BCUT2D eigenvalue weighted by molar-refractivity contribution is -0.896. The lowest BCUT2D eigenvalue weighted by Crippen LogP contribution is -3.11. The number of carbonyl (C=O) groups excluding carboxylic acids is 1. The van der Waals surface area contributed by atoms with Crippen LogP contribution in [0.25, 0.3) is 0 Å². The minimum absolute atomic E-state index is 0.181. The van der Waals surface area contributed by atoms with Crippen molar-refractivity contribution in [3.8, 4) is 0 Å². The van der Waals surface area contributed by atoms with Crippen LogP contribution in [0.15, 0.2) is 18.2 Å². The van der Waals surface area contributed by atoms with Crippen molar-refractivity contribution in [1.82, 2.24) is 0 Å². The Morgan fingerprint density at radius 3 is 2.52 bits per heavy atom. The molecule has 116 valence electrons. The molecule has 0 saturated heterocycles. The van der Waals surface area contributed by atoms with Crippen LogP contribution in [0.2, 0.25) is 0 Å². The summed E-state index contributed by atoms with van der Waals surface area (Å²) in [5.41, 5.74) is -0.0816. The van der Waals surface area contributed by atoms with Gasteiger partial charge in [-0.2, -0.15) is 0 Å². The zero-order valence-electron chi connectivity index (χ0n) is 12.3. The van der Waals surface area contributed by atoms with Crippen LogP contribution in [0.1, 0.15) is 30.6 Å². The molecule has 7 heteroatoms. The molecule has 21 heavy (non-hydrogen) atoms. The zero-order chi connectivity index (χ0) is 15.8. The van der Waals surface area contributed by atoms with Crippen LogP contribution >= 0.6 is 0 Å². The van der Waals surface area contributed by atoms with E-state index in [1.54, 1.807) is 0 Å². The van der Waals surface area contributed by atoms with Gasteiger partial charge in [0.25, 0.3) is 5.69 Å². The molecule has 1 aromatic rings. The normalized spacial score (nSPS) is 10.6. The predicted molar refractivity (Wildman–Crippen MR) is 77.4 cm³/mol. The minimum atomic E-state index is -1.42. The number of hydrogen-bond donors (Lipinski definition) is 2. The third-order valence-corrected chi connectivity index (χ3v) is 3.46. The number of nitro benzene ring substituents is 1. The second-order valence-corrected chi connectivity index (χ2v) is 4.76. The largest absolute Gasteiger partial charge is 0.545 e. The van der Waals surface area contributed by atoms with Gasteiger partial charge in [-0.3, -0.25) is 10.1 Å². The van der Waals surface area contributed by atoms with Crippen LogP contribution < -0.4 is 15.3 Å². The van der Waals surface area contributed by atoms with Gasteiger partial charge >= 0.3 is 0 Å². The number of nitro groups is 1. The Balaban J connectivity index is 2.66. The van der Waals surface area contributed by atoms with E-state index in [2.05, 4.69) is 19.2 Å². The lowest BCUT2D eigenvalue weighted by Gasteiger charge is -2.16. The molecule has 0 radical (unpaired) electrons. The molecule has 0 amide bonds. The lowest BCUT2D eigenvalue weighted by atomic mass is 10.1. The van der Waals surface area contributed by atoms with Gasteiger partial charge in [0.1, 0.15) is 0 Å². The van der Waals surface area contributed by atoms with E-state index in [1.165, 1.54) is 17.0 Å². The summed E-state index contributed by atoms with van der Waals surface area (Å²) in [5, 5.41) is 24.7. The van der Waals surface area contributed by atoms with Crippen molar-refractivity contribution in [3.63, 3.8) is 0 Å². The van der Waals surface area contributed by atoms with Crippen molar-refractivity contribution in [2.45, 2.75) is 20.3 Å². The average molecular weight is 295 g/mol. The smallest absolute Gasteiger partial charge is 0.270 e. The topological polar surface area (TPSA) is 99.7 Å². The Bertz CT molecular complexity index is 501. The highest BCUT2D eigenvalue weighted by Crippen LogP contribution is 2.21. The van der Waals surface area contributed by atoms with Gasteiger partial charge in [-0.05, 0) is 19.9 Å². The number of carbonyl (C=O) groups is 1. The SMILES string of the molecule is CC[NH+](CC)CCCNc1ccc([N+](=O)[O-])cc1C(=O)[O-]. The Morgan fingerprint density at radius 2 is 2.00 bits per heavy atom. The Morgan fingerprint density at radius 1 is 1.33 bits per heavy atom. The Kier molecular flexibility index (Phi) is 6.61. The van der Waals surface area contributed by atoms with E-state index in [9.17, 15) is 20.0 Å². The summed E-state index contributed by atoms with van der Waals surface area (Å²) < 4.78 is 0. The van der Waals surface area contributed by atoms with E-state index in [0.717, 1.165) is 32.1 Å². The molecule has 0 saturated carbocycles. The molecular formula is C14H21N3O4. The molecule has 0 atom stereocenters. The van der Waals surface area contributed by atoms with Crippen molar-refractivity contribution in [3.05, 3.63) is 33.9 Å². The van der Waals surface area contributed by atoms with E-state index in [0.29, 0.717) is 12.2 Å². The second-order valence-electron chi connectivity index (χ2n) is 4.76. The molecule has 0 unspecified atom stereocenters. The number of benzene rings is 1. The summed E-state index contributed by atoms with van der Waals surface area (Å²) in [6.07, 6.45) is 0.889. The fourth-order valence-corrected chi connectivity index (χ4v) is 2.13. The number of nitrogens with one attached hydrogen (secondary N) is 2. The first-order valence-electron chi connectivity index (χ1n) is 7.06. The van der Waals surface area contributed by atoms with Crippen molar-refractivity contribution < 1.29 is 19.7 Å². The van der Waals surface area contributed by atoms with Crippen LogP contribution in [0, 0.1) is 10.1 Å². The zero-order valence-corrected chi connectivity index (χ0v) is 12.3. The van der Waals surface area contributed by atoms with E-state index in [4.69, 9.17) is 0 Å². The molecule has 0 aliphatic carbocycles. The molecule has 0 spiro atoms. The number of quaternary nitrogens is 1. The van der Waals surface area contributed by atoms with Gasteiger partial charge in [0.15, 0.2) is 0 Å². The third-order valence-electron chi connectivity index (χ3n) is 3.46. The van der Waals surface area contributed by atoms with Crippen molar-refractivity contribution >= 4 is 17.3 Å². The Labute approximate surface area is 123 Å². The molecule has 0 bridgehead atoms. The van der Waals surface area contributed by atoms with E-state index >= 15 is 0 Å². The maximum absolute atomic E-state index is 11.1. The predicted octanol–water partition coefficient (Wildman–Crippen LogP) is -0.315. The standard InChI is InChI=1S/C14H21N3O4/c1-3-16(4-2)9-5-8-15-13-7-6-11(17(20)21)10-12(13)14(18)19/h6-7,10,15H,3-5,8-9H2,1-2H3,(H,18,19). The molecule has 0 heterocycles. The number of carboxylic acids is 1. The monoisotopic (exact) mass is 295 g/mol. The first-order chi connectivity index (χ1) is 9.99. The van der Waals surface area contributed by atoms with Gasteiger partial charge in [-0.15, -0.1) is 0 Å². The number of non-ortho nitro benzene ring substituents is 1. The first-order valence-corrected chi connectivity index (χ1v) is 7.06. The van der Waals surface area contributed by atoms with E-state index < -0.39 is 10.9 Å². The van der Waals surface area contributed by atoms with Crippen LogP contribution in [0.5, 0.6) is 0 Å². The van der Waals surface area contributed by atoms with Crippen molar-refractivity contribution in [1.29, 1.82) is 0 Å². The van der Waals surface area contributed by atoms with Gasteiger partial charge in [-0.1, -0.05) is 0 Å². The third kappa shape index (κ3) is 5.03. The molecule has 1 aromatic carbocycles. The highest BCUT2D eigenvalue weighted by Gasteiger charge is 2.11. The summed E-state index contributed by atoms with van der Waals surface area (Å²) in [4.78, 5) is 22.6. The Hall–Kier alpha value is -2.15. The van der Waals surface area contributed by atoms with Gasteiger partial charge in [0, 0.05) is 36.3 Å². The second kappa shape index (κ2) is 8.21. The van der Waals surface area contributed by atoms with Crippen LogP contribution in [-0.2, 0) is 0 Å². The van der Waals surface area contributed by atoms with Crippen LogP contribution in [-0.4, -0.2) is 37.1 Å². The van der Waals surface area contributed by atoms with Crippen molar-refractivity contribution in [2.24, 2.45) is 0 Å². The molecule has 0 aliphatic heterocycles. The summed E-state index contributed by atoms with van der Waals surface area (Å²) in [6.45, 7) is 7.96. The highest BCUT2D eigenvalue weighted by atomic mass is 16.6. The summed E-state index contributed by atoms with van der Waals surface area (Å²) >= 11 is 0. The fourth-order valence-electron chi connectivity index (χ4n) is 2.13. The number of rotatable bonds is 9. The molecular weight excluding hydrogens is 274 g/mol. The van der Waals surface area contributed by atoms with Gasteiger partial charge < -0.3 is 20.1 Å². The number of anilines is 1. The number of hydrogen-bond acceptors (Lipinski definition) is 5. The summed E-state index contributed by atoms with van der Waals surface area (Å²) in [6, 6.07) is 3.71. The van der Waals surface area contributed by atoms with Gasteiger partial charge in [0.05, 0.1) is 30.5 Å². The summed E-state index contributed by atoms with van der Waals surface area (Å²) in [5.74, 6) is -1.42. The van der Waals surface area contributed by atoms with Gasteiger partial charge in [0.2, 0.25) is 0 Å². The minimum Gasteiger partial charge on any atom is -0.545 e. The number of carboxylic acid groups (broad SMARTS) is 1. The van der Waals surface area contributed by atoms with Crippen LogP contribution in [0.4, 0.5) is 11.4 Å². The maximum Gasteiger partial charge on any atom is 0.270 e. The first kappa shape index (κ1) is 16.9. The quantitative estimate of drug-likeness (QED) is 0.370. The molecule has 0 aromatic heterocycles. The van der Waals surface area contributed by atoms with Gasteiger partial charge in [-0.25, -0.2) is 0 Å². The average Bonchev–Trinajstić information content (AvgIpc) is 2.47. The molecule has 7 nitrogen and oxygen atoms in total. The number of aromatic carboxylic acids is 1. The molecule has 1 rings (SSSR count). The van der Waals surface area contributed by atoms with Crippen LogP contribution in [0.3, 0.4) is 0 Å². The van der Waals surface area contributed by atoms with E-state index in [1.807, 2.05) is 0 Å². The van der Waals surface area contributed by atoms with E-state index in [-0.39, 0.29) is 11.3 Å². The molecule has 0 aliphatic rings. The highest BCUT2D eigenvalue weighted by molar-refractivity contribution is 5.93. The van der Waals surface area contributed by atoms with Crippen molar-refractivity contribution in [2.75, 3.05) is 31.5 Å². The molecule has 0 fully saturated rings. The fraction of sp³-hybridized carbons (Fsp3) is 0.500. The summed E-state index contributed by atoms with van der Waals surface area (Å²) in [7, 11) is 0. The maximum atomic E-state index is 11.1. The number of nitrogens with zero attached hydrogens (tertiary/aromatic N) is 1. The molecule has 2 N–H and O–H groups in total.